The summed E-state index contributed by atoms with van der Waals surface area (Å²) in [6.07, 6.45) is 7.32. The van der Waals surface area contributed by atoms with Crippen LogP contribution in [-0.4, -0.2) is 43.7 Å². The van der Waals surface area contributed by atoms with Crippen LogP contribution in [0.25, 0.3) is 0 Å². The minimum Gasteiger partial charge on any atom is -0.354 e. The zero-order valence-electron chi connectivity index (χ0n) is 16.6. The van der Waals surface area contributed by atoms with E-state index in [0.29, 0.717) is 17.7 Å². The fourth-order valence-corrected chi connectivity index (χ4v) is 4.45. The molecule has 7 heteroatoms. The maximum absolute atomic E-state index is 12.1. The first-order chi connectivity index (χ1) is 13.1. The predicted octanol–water partition coefficient (Wildman–Crippen LogP) is 2.51. The van der Waals surface area contributed by atoms with Crippen LogP contribution in [0, 0.1) is 0 Å². The van der Waals surface area contributed by atoms with E-state index in [1.54, 1.807) is 7.05 Å². The monoisotopic (exact) mass is 370 g/mol. The van der Waals surface area contributed by atoms with E-state index >= 15 is 0 Å². The lowest BCUT2D eigenvalue weighted by molar-refractivity contribution is 0.0952. The zero-order valence-corrected chi connectivity index (χ0v) is 16.6. The van der Waals surface area contributed by atoms with E-state index in [-0.39, 0.29) is 5.91 Å². The highest BCUT2D eigenvalue weighted by atomic mass is 16.1. The van der Waals surface area contributed by atoms with Gasteiger partial charge in [0.25, 0.3) is 5.91 Å². The Bertz CT molecular complexity index is 819. The molecule has 1 aliphatic heterocycles. The average molecular weight is 371 g/mol. The largest absolute Gasteiger partial charge is 0.354 e. The molecule has 1 unspecified atom stereocenters. The fraction of sp³-hybridized carbons (Fsp3) is 0.650. The van der Waals surface area contributed by atoms with Gasteiger partial charge in [0.15, 0.2) is 0 Å². The van der Waals surface area contributed by atoms with Gasteiger partial charge in [-0.3, -0.25) is 9.69 Å². The van der Waals surface area contributed by atoms with E-state index < -0.39 is 0 Å². The third-order valence-electron chi connectivity index (χ3n) is 6.39. The molecule has 2 aromatic rings. The van der Waals surface area contributed by atoms with E-state index in [4.69, 9.17) is 0 Å². The molecule has 2 aliphatic rings. The third kappa shape index (κ3) is 3.29. The molecule has 3 heterocycles. The molecule has 4 rings (SSSR count). The Hall–Kier alpha value is -2.15. The molecule has 27 heavy (non-hydrogen) atoms. The summed E-state index contributed by atoms with van der Waals surface area (Å²) in [6, 6.07) is 4.34. The second-order valence-corrected chi connectivity index (χ2v) is 7.92. The van der Waals surface area contributed by atoms with Crippen LogP contribution in [0.1, 0.15) is 78.3 Å². The van der Waals surface area contributed by atoms with Crippen LogP contribution in [0.3, 0.4) is 0 Å². The first kappa shape index (κ1) is 18.2. The van der Waals surface area contributed by atoms with Crippen molar-refractivity contribution in [1.82, 2.24) is 29.5 Å². The molecule has 1 N–H and O–H groups in total. The number of nitrogens with one attached hydrogen (secondary N) is 1. The molecule has 1 aliphatic carbocycles. The molecule has 1 amide bonds. The van der Waals surface area contributed by atoms with E-state index in [1.807, 2.05) is 17.7 Å². The van der Waals surface area contributed by atoms with Crippen LogP contribution in [0.5, 0.6) is 0 Å². The highest BCUT2D eigenvalue weighted by Gasteiger charge is 2.30. The smallest absolute Gasteiger partial charge is 0.267 e. The number of rotatable bonds is 5. The van der Waals surface area contributed by atoms with Crippen molar-refractivity contribution in [2.75, 3.05) is 13.6 Å². The molecule has 146 valence electrons. The maximum Gasteiger partial charge on any atom is 0.267 e. The van der Waals surface area contributed by atoms with E-state index in [2.05, 4.69) is 38.1 Å². The molecule has 0 aromatic carbocycles. The number of likely N-dealkylation sites (tertiary alicyclic amines) is 1. The first-order valence-corrected chi connectivity index (χ1v) is 10.1. The molecule has 1 saturated heterocycles. The van der Waals surface area contributed by atoms with Crippen molar-refractivity contribution in [2.45, 2.75) is 57.0 Å². The number of amides is 1. The first-order valence-electron chi connectivity index (χ1n) is 10.1. The van der Waals surface area contributed by atoms with Crippen molar-refractivity contribution in [3.05, 3.63) is 35.2 Å². The van der Waals surface area contributed by atoms with Gasteiger partial charge in [-0.05, 0) is 44.4 Å². The van der Waals surface area contributed by atoms with E-state index in [1.165, 1.54) is 37.8 Å². The molecule has 7 nitrogen and oxygen atoms in total. The number of carbonyl (C=O) groups is 1. The summed E-state index contributed by atoms with van der Waals surface area (Å²) >= 11 is 0. The van der Waals surface area contributed by atoms with Gasteiger partial charge in [0, 0.05) is 32.8 Å². The highest BCUT2D eigenvalue weighted by Crippen LogP contribution is 2.36. The number of piperidine rings is 1. The van der Waals surface area contributed by atoms with Crippen molar-refractivity contribution in [3.63, 3.8) is 0 Å². The maximum atomic E-state index is 12.1. The Balaban J connectivity index is 1.56. The normalized spacial score (nSPS) is 21.2. The second kappa shape index (κ2) is 7.46. The minimum absolute atomic E-state index is 0.0375. The lowest BCUT2D eigenvalue weighted by atomic mass is 9.85. The number of hydrogen-bond donors (Lipinski definition) is 1. The van der Waals surface area contributed by atoms with Gasteiger partial charge in [0.2, 0.25) is 0 Å². The molecule has 0 radical (unpaired) electrons. The summed E-state index contributed by atoms with van der Waals surface area (Å²) in [5, 5.41) is 11.7. The Morgan fingerprint density at radius 1 is 1.11 bits per heavy atom. The Morgan fingerprint density at radius 2 is 1.93 bits per heavy atom. The van der Waals surface area contributed by atoms with Crippen molar-refractivity contribution in [3.8, 4) is 0 Å². The van der Waals surface area contributed by atoms with Crippen LogP contribution in [0.15, 0.2) is 12.1 Å². The molecule has 1 saturated carbocycles. The Kier molecular flexibility index (Phi) is 5.04. The fourth-order valence-electron chi connectivity index (χ4n) is 4.45. The molecular weight excluding hydrogens is 340 g/mol. The Morgan fingerprint density at radius 3 is 2.63 bits per heavy atom. The van der Waals surface area contributed by atoms with Gasteiger partial charge < -0.3 is 14.5 Å². The van der Waals surface area contributed by atoms with Gasteiger partial charge >= 0.3 is 0 Å². The number of carbonyl (C=O) groups excluding carboxylic acids is 1. The molecule has 2 aromatic heterocycles. The summed E-state index contributed by atoms with van der Waals surface area (Å²) in [5.74, 6) is 2.75. The van der Waals surface area contributed by atoms with Crippen LogP contribution in [0.4, 0.5) is 0 Å². The molecular formula is C20H30N6O. The van der Waals surface area contributed by atoms with Crippen LogP contribution >= 0.6 is 0 Å². The quantitative estimate of drug-likeness (QED) is 0.878. The molecule has 2 fully saturated rings. The van der Waals surface area contributed by atoms with Gasteiger partial charge in [0.05, 0.1) is 12.6 Å². The van der Waals surface area contributed by atoms with Crippen molar-refractivity contribution in [1.29, 1.82) is 0 Å². The highest BCUT2D eigenvalue weighted by molar-refractivity contribution is 5.92. The van der Waals surface area contributed by atoms with Crippen molar-refractivity contribution in [2.24, 2.45) is 14.1 Å². The standard InChI is InChI=1S/C20H30N6O/c1-21-20(27)17-11-10-15(24(17)2)16-9-4-5-12-26(16)13-18-22-23-19(25(18)3)14-7-6-8-14/h10-11,14,16H,4-9,12-13H2,1-3H3,(H,21,27). The van der Waals surface area contributed by atoms with Gasteiger partial charge in [-0.1, -0.05) is 12.8 Å². The topological polar surface area (TPSA) is 68.0 Å². The summed E-state index contributed by atoms with van der Waals surface area (Å²) in [7, 11) is 5.77. The molecule has 0 bridgehead atoms. The summed E-state index contributed by atoms with van der Waals surface area (Å²) < 4.78 is 4.24. The van der Waals surface area contributed by atoms with Gasteiger partial charge in [-0.2, -0.15) is 0 Å². The van der Waals surface area contributed by atoms with Crippen LogP contribution in [0.2, 0.25) is 0 Å². The van der Waals surface area contributed by atoms with E-state index in [9.17, 15) is 4.79 Å². The van der Waals surface area contributed by atoms with Crippen molar-refractivity contribution < 1.29 is 4.79 Å². The van der Waals surface area contributed by atoms with Crippen molar-refractivity contribution >= 4 is 5.91 Å². The van der Waals surface area contributed by atoms with Crippen LogP contribution in [-0.2, 0) is 20.6 Å². The third-order valence-corrected chi connectivity index (χ3v) is 6.39. The number of nitrogens with zero attached hydrogens (tertiary/aromatic N) is 5. The molecule has 0 spiro atoms. The van der Waals surface area contributed by atoms with Gasteiger partial charge in [-0.25, -0.2) is 0 Å². The van der Waals surface area contributed by atoms with E-state index in [0.717, 1.165) is 31.2 Å². The second-order valence-electron chi connectivity index (χ2n) is 7.92. The molecule has 1 atom stereocenters. The SMILES string of the molecule is CNC(=O)c1ccc(C2CCCCN2Cc2nnc(C3CCC3)n2C)n1C. The Labute approximate surface area is 160 Å². The van der Waals surface area contributed by atoms with Crippen LogP contribution < -0.4 is 5.32 Å². The summed E-state index contributed by atoms with van der Waals surface area (Å²) in [5.41, 5.74) is 1.92. The van der Waals surface area contributed by atoms with Gasteiger partial charge in [0.1, 0.15) is 17.3 Å². The summed E-state index contributed by atoms with van der Waals surface area (Å²) in [4.78, 5) is 14.6. The average Bonchev–Trinajstić information content (AvgIpc) is 3.18. The zero-order chi connectivity index (χ0) is 19.0. The minimum atomic E-state index is -0.0375. The summed E-state index contributed by atoms with van der Waals surface area (Å²) in [6.45, 7) is 1.86. The number of aromatic nitrogens is 4. The van der Waals surface area contributed by atoms with Gasteiger partial charge in [-0.15, -0.1) is 10.2 Å². The lowest BCUT2D eigenvalue weighted by Crippen LogP contribution is -2.35. The predicted molar refractivity (Wildman–Crippen MR) is 103 cm³/mol. The lowest BCUT2D eigenvalue weighted by Gasteiger charge is -2.36. The number of hydrogen-bond acceptors (Lipinski definition) is 4.